The zero-order chi connectivity index (χ0) is 20.3. The maximum absolute atomic E-state index is 12.7. The van der Waals surface area contributed by atoms with Crippen LogP contribution in [0.25, 0.3) is 10.8 Å². The van der Waals surface area contributed by atoms with Gasteiger partial charge in [0.1, 0.15) is 0 Å². The van der Waals surface area contributed by atoms with Crippen LogP contribution in [0.2, 0.25) is 0 Å². The number of carbonyl (C=O) groups excluding carboxylic acids is 2. The molecule has 7 heteroatoms. The number of esters is 1. The first-order valence-electron chi connectivity index (χ1n) is 9.48. The lowest BCUT2D eigenvalue weighted by atomic mass is 10.1. The van der Waals surface area contributed by atoms with Crippen LogP contribution < -0.4 is 0 Å². The first-order valence-corrected chi connectivity index (χ1v) is 11.3. The highest BCUT2D eigenvalue weighted by molar-refractivity contribution is 7.91. The Morgan fingerprint density at radius 1 is 1.18 bits per heavy atom. The van der Waals surface area contributed by atoms with E-state index in [1.165, 1.54) is 0 Å². The number of fused-ring (bicyclic) bond motifs is 1. The Bertz CT molecular complexity index is 985. The SMILES string of the molecule is CC[C@H](C)N(C(=O)COC(=O)c1ccc2ccccc2c1)[C@H]1CCS(=O)(=O)C1. The summed E-state index contributed by atoms with van der Waals surface area (Å²) in [6.07, 6.45) is 1.12. The molecular formula is C21H25NO5S. The third kappa shape index (κ3) is 4.52. The Hall–Kier alpha value is -2.41. The highest BCUT2D eigenvalue weighted by Gasteiger charge is 2.36. The van der Waals surface area contributed by atoms with Crippen LogP contribution in [0.5, 0.6) is 0 Å². The van der Waals surface area contributed by atoms with Crippen LogP contribution in [0.15, 0.2) is 42.5 Å². The molecule has 0 spiro atoms. The predicted octanol–water partition coefficient (Wildman–Crippen LogP) is 2.81. The topological polar surface area (TPSA) is 80.8 Å². The van der Waals surface area contributed by atoms with Crippen molar-refractivity contribution in [2.45, 2.75) is 38.8 Å². The van der Waals surface area contributed by atoms with Crippen molar-refractivity contribution >= 4 is 32.5 Å². The lowest BCUT2D eigenvalue weighted by molar-refractivity contribution is -0.138. The number of nitrogens with zero attached hydrogens (tertiary/aromatic N) is 1. The predicted molar refractivity (Wildman–Crippen MR) is 108 cm³/mol. The molecule has 150 valence electrons. The van der Waals surface area contributed by atoms with Gasteiger partial charge in [-0.3, -0.25) is 4.79 Å². The van der Waals surface area contributed by atoms with Crippen LogP contribution in [-0.4, -0.2) is 55.4 Å². The minimum atomic E-state index is -3.11. The Morgan fingerprint density at radius 3 is 2.54 bits per heavy atom. The van der Waals surface area contributed by atoms with Gasteiger partial charge in [0.2, 0.25) is 0 Å². The summed E-state index contributed by atoms with van der Waals surface area (Å²) in [5, 5.41) is 1.93. The molecule has 0 aliphatic carbocycles. The minimum Gasteiger partial charge on any atom is -0.452 e. The van der Waals surface area contributed by atoms with Crippen molar-refractivity contribution in [3.05, 3.63) is 48.0 Å². The molecule has 1 aliphatic heterocycles. The van der Waals surface area contributed by atoms with Crippen LogP contribution in [0.4, 0.5) is 0 Å². The summed E-state index contributed by atoms with van der Waals surface area (Å²) in [5.74, 6) is -0.857. The van der Waals surface area contributed by atoms with Gasteiger partial charge < -0.3 is 9.64 Å². The van der Waals surface area contributed by atoms with Crippen LogP contribution >= 0.6 is 0 Å². The molecule has 1 saturated heterocycles. The molecule has 0 unspecified atom stereocenters. The fourth-order valence-electron chi connectivity index (χ4n) is 3.60. The monoisotopic (exact) mass is 403 g/mol. The van der Waals surface area contributed by atoms with Gasteiger partial charge >= 0.3 is 5.97 Å². The average molecular weight is 404 g/mol. The highest BCUT2D eigenvalue weighted by atomic mass is 32.2. The van der Waals surface area contributed by atoms with E-state index >= 15 is 0 Å². The lowest BCUT2D eigenvalue weighted by Gasteiger charge is -2.33. The fraction of sp³-hybridized carbons (Fsp3) is 0.429. The summed E-state index contributed by atoms with van der Waals surface area (Å²) in [6, 6.07) is 12.4. The van der Waals surface area contributed by atoms with E-state index < -0.39 is 22.4 Å². The van der Waals surface area contributed by atoms with Gasteiger partial charge in [0.05, 0.1) is 17.1 Å². The number of amides is 1. The fourth-order valence-corrected chi connectivity index (χ4v) is 5.31. The zero-order valence-electron chi connectivity index (χ0n) is 16.1. The summed E-state index contributed by atoms with van der Waals surface area (Å²) in [5.41, 5.74) is 0.380. The van der Waals surface area contributed by atoms with E-state index in [0.29, 0.717) is 18.4 Å². The highest BCUT2D eigenvalue weighted by Crippen LogP contribution is 2.22. The quantitative estimate of drug-likeness (QED) is 0.693. The van der Waals surface area contributed by atoms with Gasteiger partial charge in [-0.1, -0.05) is 37.3 Å². The van der Waals surface area contributed by atoms with Crippen LogP contribution in [0.3, 0.4) is 0 Å². The number of hydrogen-bond acceptors (Lipinski definition) is 5. The van der Waals surface area contributed by atoms with Crippen LogP contribution in [0, 0.1) is 0 Å². The van der Waals surface area contributed by atoms with Gasteiger partial charge in [0.15, 0.2) is 16.4 Å². The summed E-state index contributed by atoms with van der Waals surface area (Å²) >= 11 is 0. The number of sulfone groups is 1. The molecule has 2 aromatic carbocycles. The van der Waals surface area contributed by atoms with Crippen molar-refractivity contribution in [3.8, 4) is 0 Å². The van der Waals surface area contributed by atoms with Crippen LogP contribution in [0.1, 0.15) is 37.0 Å². The van der Waals surface area contributed by atoms with E-state index in [1.807, 2.05) is 44.2 Å². The Morgan fingerprint density at radius 2 is 1.89 bits per heavy atom. The van der Waals surface area contributed by atoms with Crippen molar-refractivity contribution < 1.29 is 22.7 Å². The van der Waals surface area contributed by atoms with Crippen molar-refractivity contribution in [3.63, 3.8) is 0 Å². The largest absolute Gasteiger partial charge is 0.452 e. The third-order valence-corrected chi connectivity index (χ3v) is 7.02. The molecule has 2 atom stereocenters. The maximum atomic E-state index is 12.7. The van der Waals surface area contributed by atoms with E-state index in [0.717, 1.165) is 10.8 Å². The van der Waals surface area contributed by atoms with Gasteiger partial charge in [0, 0.05) is 12.1 Å². The number of ether oxygens (including phenoxy) is 1. The molecule has 3 rings (SSSR count). The van der Waals surface area contributed by atoms with Gasteiger partial charge in [-0.15, -0.1) is 0 Å². The van der Waals surface area contributed by atoms with E-state index in [-0.39, 0.29) is 29.5 Å². The van der Waals surface area contributed by atoms with E-state index in [9.17, 15) is 18.0 Å². The molecule has 0 aromatic heterocycles. The normalized spacial score (nSPS) is 19.3. The van der Waals surface area contributed by atoms with Crippen LogP contribution in [-0.2, 0) is 19.4 Å². The smallest absolute Gasteiger partial charge is 0.338 e. The number of carbonyl (C=O) groups is 2. The van der Waals surface area contributed by atoms with Gasteiger partial charge in [-0.05, 0) is 42.7 Å². The molecule has 1 heterocycles. The van der Waals surface area contributed by atoms with Crippen molar-refractivity contribution in [1.82, 2.24) is 4.90 Å². The molecule has 6 nitrogen and oxygen atoms in total. The summed E-state index contributed by atoms with van der Waals surface area (Å²) < 4.78 is 28.9. The van der Waals surface area contributed by atoms with Crippen molar-refractivity contribution in [2.24, 2.45) is 0 Å². The third-order valence-electron chi connectivity index (χ3n) is 5.27. The summed E-state index contributed by atoms with van der Waals surface area (Å²) in [4.78, 5) is 26.7. The molecule has 0 saturated carbocycles. The molecule has 0 N–H and O–H groups in total. The van der Waals surface area contributed by atoms with Gasteiger partial charge in [0.25, 0.3) is 5.91 Å². The Balaban J connectivity index is 1.68. The van der Waals surface area contributed by atoms with E-state index in [2.05, 4.69) is 0 Å². The second-order valence-electron chi connectivity index (χ2n) is 7.25. The zero-order valence-corrected chi connectivity index (χ0v) is 16.9. The van der Waals surface area contributed by atoms with Gasteiger partial charge in [-0.25, -0.2) is 13.2 Å². The molecule has 0 radical (unpaired) electrons. The molecule has 1 amide bonds. The van der Waals surface area contributed by atoms with Crippen molar-refractivity contribution in [1.29, 1.82) is 0 Å². The second kappa shape index (κ2) is 8.31. The Labute approximate surface area is 165 Å². The number of hydrogen-bond donors (Lipinski definition) is 0. The van der Waals surface area contributed by atoms with E-state index in [1.54, 1.807) is 17.0 Å². The first kappa shape index (κ1) is 20.3. The van der Waals surface area contributed by atoms with E-state index in [4.69, 9.17) is 4.74 Å². The molecular weight excluding hydrogens is 378 g/mol. The summed E-state index contributed by atoms with van der Waals surface area (Å²) in [6.45, 7) is 3.43. The lowest BCUT2D eigenvalue weighted by Crippen LogP contribution is -2.48. The minimum absolute atomic E-state index is 0.0261. The first-order chi connectivity index (χ1) is 13.3. The average Bonchev–Trinajstić information content (AvgIpc) is 3.04. The maximum Gasteiger partial charge on any atom is 0.338 e. The molecule has 1 aliphatic rings. The molecule has 1 fully saturated rings. The van der Waals surface area contributed by atoms with Gasteiger partial charge in [-0.2, -0.15) is 0 Å². The second-order valence-corrected chi connectivity index (χ2v) is 9.48. The molecule has 0 bridgehead atoms. The molecule has 2 aromatic rings. The Kier molecular flexibility index (Phi) is 6.03. The molecule has 28 heavy (non-hydrogen) atoms. The standard InChI is InChI=1S/C21H25NO5S/c1-3-15(2)22(19-10-11-28(25,26)14-19)20(23)13-27-21(24)18-9-8-16-6-4-5-7-17(16)12-18/h4-9,12,15,19H,3,10-11,13-14H2,1-2H3/t15-,19-/m0/s1. The van der Waals surface area contributed by atoms with Crippen molar-refractivity contribution in [2.75, 3.05) is 18.1 Å². The summed E-state index contributed by atoms with van der Waals surface area (Å²) in [7, 11) is -3.11. The number of rotatable bonds is 6. The number of benzene rings is 2.